The molecule has 0 aliphatic carbocycles. The van der Waals surface area contributed by atoms with E-state index in [1.54, 1.807) is 0 Å². The first kappa shape index (κ1) is 21.2. The van der Waals surface area contributed by atoms with Crippen LogP contribution in [-0.4, -0.2) is 25.0 Å². The molecule has 0 unspecified atom stereocenters. The van der Waals surface area contributed by atoms with Crippen LogP contribution in [0.5, 0.6) is 0 Å². The van der Waals surface area contributed by atoms with Crippen LogP contribution in [0.4, 0.5) is 0 Å². The molecular weight excluding hydrogens is 266 g/mol. The van der Waals surface area contributed by atoms with Gasteiger partial charge in [0.2, 0.25) is 0 Å². The molecule has 0 spiro atoms. The summed E-state index contributed by atoms with van der Waals surface area (Å²) in [6.07, 6.45) is 26.4. The number of hydrogen-bond donors (Lipinski definition) is 0. The summed E-state index contributed by atoms with van der Waals surface area (Å²) in [6, 6.07) is 0. The smallest absolute Gasteiger partial charge is 0.00218 e. The largest absolute Gasteiger partial charge is 0.306 e. The highest BCUT2D eigenvalue weighted by Crippen LogP contribution is 2.07. The van der Waals surface area contributed by atoms with Gasteiger partial charge >= 0.3 is 0 Å². The molecule has 1 nitrogen and oxygen atoms in total. The van der Waals surface area contributed by atoms with Crippen molar-refractivity contribution in [2.24, 2.45) is 0 Å². The average molecular weight is 306 g/mol. The van der Waals surface area contributed by atoms with Crippen LogP contribution in [0.15, 0.2) is 36.5 Å². The highest BCUT2D eigenvalue weighted by atomic mass is 15.1. The molecule has 0 aromatic rings. The molecule has 0 fully saturated rings. The number of nitrogens with zero attached hydrogens (tertiary/aromatic N) is 1. The molecule has 0 saturated heterocycles. The normalized spacial score (nSPS) is 12.5. The number of rotatable bonds is 15. The van der Waals surface area contributed by atoms with Gasteiger partial charge in [0.15, 0.2) is 0 Å². The van der Waals surface area contributed by atoms with Gasteiger partial charge in [0.05, 0.1) is 0 Å². The lowest BCUT2D eigenvalue weighted by Gasteiger charge is -2.14. The van der Waals surface area contributed by atoms with E-state index in [0.29, 0.717) is 0 Å². The third-order valence-corrected chi connectivity index (χ3v) is 3.80. The van der Waals surface area contributed by atoms with E-state index in [9.17, 15) is 0 Å². The molecule has 0 aliphatic rings. The number of hydrogen-bond acceptors (Lipinski definition) is 1. The Morgan fingerprint density at radius 2 is 1.23 bits per heavy atom. The molecular formula is C21H39N. The summed E-state index contributed by atoms with van der Waals surface area (Å²) in [7, 11) is 2.24. The fourth-order valence-electron chi connectivity index (χ4n) is 2.49. The van der Waals surface area contributed by atoms with E-state index in [-0.39, 0.29) is 0 Å². The molecule has 0 rings (SSSR count). The summed E-state index contributed by atoms with van der Waals surface area (Å²) in [5, 5.41) is 0. The van der Waals surface area contributed by atoms with E-state index in [1.807, 2.05) is 0 Å². The van der Waals surface area contributed by atoms with Crippen LogP contribution in [0.25, 0.3) is 0 Å². The van der Waals surface area contributed by atoms with Crippen LogP contribution < -0.4 is 0 Å². The van der Waals surface area contributed by atoms with Crippen molar-refractivity contribution in [2.75, 3.05) is 20.1 Å². The van der Waals surface area contributed by atoms with Crippen molar-refractivity contribution < 1.29 is 0 Å². The van der Waals surface area contributed by atoms with Crippen LogP contribution in [0, 0.1) is 0 Å². The van der Waals surface area contributed by atoms with Gasteiger partial charge in [-0.05, 0) is 65.1 Å². The zero-order chi connectivity index (χ0) is 16.3. The van der Waals surface area contributed by atoms with Crippen molar-refractivity contribution in [3.63, 3.8) is 0 Å². The van der Waals surface area contributed by atoms with E-state index in [2.05, 4.69) is 62.3 Å². The lowest BCUT2D eigenvalue weighted by Crippen LogP contribution is -2.20. The maximum atomic E-state index is 2.45. The predicted octanol–water partition coefficient (Wildman–Crippen LogP) is 6.53. The Hall–Kier alpha value is -0.820. The molecule has 1 heteroatoms. The molecule has 0 aromatic heterocycles. The van der Waals surface area contributed by atoms with Crippen LogP contribution in [0.1, 0.15) is 78.1 Å². The van der Waals surface area contributed by atoms with Crippen LogP contribution in [-0.2, 0) is 0 Å². The molecule has 0 N–H and O–H groups in total. The van der Waals surface area contributed by atoms with Crippen LogP contribution >= 0.6 is 0 Å². The second kappa shape index (κ2) is 18.2. The van der Waals surface area contributed by atoms with E-state index in [0.717, 1.165) is 19.3 Å². The maximum absolute atomic E-state index is 2.45. The fraction of sp³-hybridized carbons (Fsp3) is 0.714. The van der Waals surface area contributed by atoms with E-state index < -0.39 is 0 Å². The Kier molecular flexibility index (Phi) is 17.6. The van der Waals surface area contributed by atoms with Crippen LogP contribution in [0.3, 0.4) is 0 Å². The standard InChI is InChI=1S/C21H39N/c1-4-6-7-8-9-10-11-12-13-14-15-16-17-18-19-21-22(3)20-5-2/h6-7,9-10,12-13H,4-5,8,11,14-21H2,1-3H3/b7-6-,10-9-,13-12-. The summed E-state index contributed by atoms with van der Waals surface area (Å²) in [5.41, 5.74) is 0. The molecule has 22 heavy (non-hydrogen) atoms. The minimum absolute atomic E-state index is 1.08. The summed E-state index contributed by atoms with van der Waals surface area (Å²) in [5.74, 6) is 0. The Balaban J connectivity index is 3.25. The van der Waals surface area contributed by atoms with Gasteiger partial charge in [-0.3, -0.25) is 0 Å². The number of allylic oxidation sites excluding steroid dienone is 6. The van der Waals surface area contributed by atoms with Gasteiger partial charge in [0.1, 0.15) is 0 Å². The SMILES string of the molecule is CC/C=C\C/C=C\C/C=C\CCCCCCCN(C)CCC. The minimum Gasteiger partial charge on any atom is -0.306 e. The van der Waals surface area contributed by atoms with Crippen LogP contribution in [0.2, 0.25) is 0 Å². The molecule has 128 valence electrons. The molecule has 0 amide bonds. The summed E-state index contributed by atoms with van der Waals surface area (Å²) >= 11 is 0. The van der Waals surface area contributed by atoms with Crippen molar-refractivity contribution in [1.82, 2.24) is 4.90 Å². The van der Waals surface area contributed by atoms with Gasteiger partial charge in [-0.15, -0.1) is 0 Å². The fourth-order valence-corrected chi connectivity index (χ4v) is 2.49. The summed E-state index contributed by atoms with van der Waals surface area (Å²) in [4.78, 5) is 2.45. The quantitative estimate of drug-likeness (QED) is 0.246. The topological polar surface area (TPSA) is 3.24 Å². The van der Waals surface area contributed by atoms with E-state index >= 15 is 0 Å². The van der Waals surface area contributed by atoms with Crippen molar-refractivity contribution in [1.29, 1.82) is 0 Å². The molecule has 0 saturated carbocycles. The van der Waals surface area contributed by atoms with Crippen molar-refractivity contribution in [2.45, 2.75) is 78.1 Å². The van der Waals surface area contributed by atoms with Gasteiger partial charge in [0, 0.05) is 0 Å². The van der Waals surface area contributed by atoms with Gasteiger partial charge in [-0.1, -0.05) is 69.6 Å². The van der Waals surface area contributed by atoms with E-state index in [1.165, 1.54) is 58.0 Å². The van der Waals surface area contributed by atoms with Gasteiger partial charge in [-0.25, -0.2) is 0 Å². The maximum Gasteiger partial charge on any atom is -0.00218 e. The third-order valence-electron chi connectivity index (χ3n) is 3.80. The molecule has 0 radical (unpaired) electrons. The molecule has 0 bridgehead atoms. The predicted molar refractivity (Wildman–Crippen MR) is 102 cm³/mol. The second-order valence-corrected chi connectivity index (χ2v) is 6.15. The monoisotopic (exact) mass is 305 g/mol. The van der Waals surface area contributed by atoms with Crippen molar-refractivity contribution in [3.05, 3.63) is 36.5 Å². The first-order chi connectivity index (χ1) is 10.8. The first-order valence-electron chi connectivity index (χ1n) is 9.44. The molecule has 0 atom stereocenters. The third kappa shape index (κ3) is 17.2. The summed E-state index contributed by atoms with van der Waals surface area (Å²) in [6.45, 7) is 6.94. The Bertz CT molecular complexity index is 288. The van der Waals surface area contributed by atoms with Gasteiger partial charge < -0.3 is 4.90 Å². The Labute approximate surface area is 140 Å². The highest BCUT2D eigenvalue weighted by molar-refractivity contribution is 4.96. The molecule has 0 heterocycles. The highest BCUT2D eigenvalue weighted by Gasteiger charge is 1.95. The Morgan fingerprint density at radius 3 is 1.91 bits per heavy atom. The summed E-state index contributed by atoms with van der Waals surface area (Å²) < 4.78 is 0. The van der Waals surface area contributed by atoms with Crippen molar-refractivity contribution in [3.8, 4) is 0 Å². The zero-order valence-electron chi connectivity index (χ0n) is 15.4. The first-order valence-corrected chi connectivity index (χ1v) is 9.44. The average Bonchev–Trinajstić information content (AvgIpc) is 2.51. The lowest BCUT2D eigenvalue weighted by molar-refractivity contribution is 0.324. The lowest BCUT2D eigenvalue weighted by atomic mass is 10.1. The van der Waals surface area contributed by atoms with E-state index in [4.69, 9.17) is 0 Å². The second-order valence-electron chi connectivity index (χ2n) is 6.15. The zero-order valence-corrected chi connectivity index (χ0v) is 15.4. The van der Waals surface area contributed by atoms with Crippen molar-refractivity contribution >= 4 is 0 Å². The van der Waals surface area contributed by atoms with Gasteiger partial charge in [-0.2, -0.15) is 0 Å². The Morgan fingerprint density at radius 1 is 0.636 bits per heavy atom. The number of unbranched alkanes of at least 4 members (excludes halogenated alkanes) is 5. The molecule has 0 aromatic carbocycles. The minimum atomic E-state index is 1.08. The van der Waals surface area contributed by atoms with Gasteiger partial charge in [0.25, 0.3) is 0 Å². The molecule has 0 aliphatic heterocycles.